The summed E-state index contributed by atoms with van der Waals surface area (Å²) in [6, 6.07) is 5.36. The molecule has 0 spiro atoms. The van der Waals surface area contributed by atoms with Gasteiger partial charge in [-0.05, 0) is 25.1 Å². The Bertz CT molecular complexity index is 1010. The highest BCUT2D eigenvalue weighted by atomic mass is 35.5. The number of amides is 1. The van der Waals surface area contributed by atoms with Crippen molar-refractivity contribution < 1.29 is 9.53 Å². The summed E-state index contributed by atoms with van der Waals surface area (Å²) in [7, 11) is 1.61. The van der Waals surface area contributed by atoms with Crippen molar-refractivity contribution in [3.05, 3.63) is 35.1 Å². The molecule has 2 N–H and O–H groups in total. The maximum absolute atomic E-state index is 12.2. The summed E-state index contributed by atoms with van der Waals surface area (Å²) >= 11 is 9.02. The predicted molar refractivity (Wildman–Crippen MR) is 117 cm³/mol. The third kappa shape index (κ3) is 4.63. The van der Waals surface area contributed by atoms with Gasteiger partial charge in [0.05, 0.1) is 28.2 Å². The van der Waals surface area contributed by atoms with Crippen LogP contribution in [0.1, 0.15) is 26.5 Å². The largest absolute Gasteiger partial charge is 0.495 e. The molecule has 2 aromatic heterocycles. The minimum Gasteiger partial charge on any atom is -0.495 e. The number of carbonyl (C=O) groups excluding carboxylic acids is 1. The molecule has 1 aromatic carbocycles. The highest BCUT2D eigenvalue weighted by Gasteiger charge is 2.23. The number of hydrogen-bond acceptors (Lipinski definition) is 7. The van der Waals surface area contributed by atoms with Crippen LogP contribution < -0.4 is 15.4 Å². The number of aromatic nitrogens is 2. The zero-order valence-electron chi connectivity index (χ0n) is 16.2. The fourth-order valence-corrected chi connectivity index (χ4v) is 4.40. The molecule has 9 heteroatoms. The van der Waals surface area contributed by atoms with Crippen LogP contribution in [-0.2, 0) is 4.79 Å². The Labute approximate surface area is 176 Å². The summed E-state index contributed by atoms with van der Waals surface area (Å²) in [5.74, 6) is 0.620. The Morgan fingerprint density at radius 1 is 1.21 bits per heavy atom. The SMILES string of the molecule is COc1ccc(Cl)cc1Nc1ncc(-c2sc(NC(=O)C(C)(C)C)nc2C)s1. The number of ether oxygens (including phenoxy) is 1. The topological polar surface area (TPSA) is 76.1 Å². The number of nitrogens with one attached hydrogen (secondary N) is 2. The lowest BCUT2D eigenvalue weighted by Gasteiger charge is -2.15. The molecular formula is C19H21ClN4O2S2. The molecule has 6 nitrogen and oxygen atoms in total. The molecule has 0 aliphatic carbocycles. The molecule has 0 saturated carbocycles. The van der Waals surface area contributed by atoms with E-state index in [1.165, 1.54) is 22.7 Å². The molecule has 2 heterocycles. The van der Waals surface area contributed by atoms with Crippen LogP contribution in [0.5, 0.6) is 5.75 Å². The van der Waals surface area contributed by atoms with Crippen LogP contribution in [-0.4, -0.2) is 23.0 Å². The Balaban J connectivity index is 1.81. The van der Waals surface area contributed by atoms with Crippen molar-refractivity contribution in [1.29, 1.82) is 0 Å². The second-order valence-electron chi connectivity index (χ2n) is 7.14. The van der Waals surface area contributed by atoms with E-state index in [0.29, 0.717) is 21.0 Å². The third-order valence-corrected chi connectivity index (χ3v) is 6.23. The van der Waals surface area contributed by atoms with Gasteiger partial charge in [0.25, 0.3) is 0 Å². The maximum Gasteiger partial charge on any atom is 0.231 e. The van der Waals surface area contributed by atoms with Gasteiger partial charge in [0.15, 0.2) is 10.3 Å². The Kier molecular flexibility index (Phi) is 5.92. The first-order valence-corrected chi connectivity index (χ1v) is 10.5. The van der Waals surface area contributed by atoms with Crippen LogP contribution >= 0.6 is 34.3 Å². The average molecular weight is 437 g/mol. The Morgan fingerprint density at radius 2 is 1.96 bits per heavy atom. The van der Waals surface area contributed by atoms with Gasteiger partial charge in [-0.3, -0.25) is 4.79 Å². The molecule has 28 heavy (non-hydrogen) atoms. The number of methoxy groups -OCH3 is 1. The van der Waals surface area contributed by atoms with E-state index >= 15 is 0 Å². The first-order valence-electron chi connectivity index (χ1n) is 8.53. The summed E-state index contributed by atoms with van der Waals surface area (Å²) in [5.41, 5.74) is 1.12. The van der Waals surface area contributed by atoms with E-state index in [-0.39, 0.29) is 5.91 Å². The molecule has 3 rings (SSSR count). The van der Waals surface area contributed by atoms with Crippen LogP contribution in [0, 0.1) is 12.3 Å². The minimum atomic E-state index is -0.475. The molecule has 0 bridgehead atoms. The summed E-state index contributed by atoms with van der Waals surface area (Å²) in [6.07, 6.45) is 1.79. The summed E-state index contributed by atoms with van der Waals surface area (Å²) in [6.45, 7) is 7.53. The smallest absolute Gasteiger partial charge is 0.231 e. The van der Waals surface area contributed by atoms with Crippen LogP contribution in [0.2, 0.25) is 5.02 Å². The number of nitrogens with zero attached hydrogens (tertiary/aromatic N) is 2. The third-order valence-electron chi connectivity index (χ3n) is 3.83. The van der Waals surface area contributed by atoms with E-state index in [2.05, 4.69) is 20.6 Å². The number of aryl methyl sites for hydroxylation is 1. The second-order valence-corrected chi connectivity index (χ2v) is 9.60. The first-order chi connectivity index (χ1) is 13.2. The summed E-state index contributed by atoms with van der Waals surface area (Å²) < 4.78 is 5.36. The predicted octanol–water partition coefficient (Wildman–Crippen LogP) is 5.97. The van der Waals surface area contributed by atoms with Crippen molar-refractivity contribution in [3.8, 4) is 15.5 Å². The van der Waals surface area contributed by atoms with Crippen molar-refractivity contribution in [2.75, 3.05) is 17.7 Å². The van der Waals surface area contributed by atoms with Crippen LogP contribution in [0.4, 0.5) is 16.0 Å². The van der Waals surface area contributed by atoms with Gasteiger partial charge in [0, 0.05) is 16.6 Å². The van der Waals surface area contributed by atoms with E-state index in [0.717, 1.165) is 21.1 Å². The highest BCUT2D eigenvalue weighted by Crippen LogP contribution is 2.39. The van der Waals surface area contributed by atoms with Crippen molar-refractivity contribution in [1.82, 2.24) is 9.97 Å². The van der Waals surface area contributed by atoms with E-state index in [9.17, 15) is 4.79 Å². The number of hydrogen-bond donors (Lipinski definition) is 2. The van der Waals surface area contributed by atoms with Gasteiger partial charge in [-0.15, -0.1) is 0 Å². The van der Waals surface area contributed by atoms with Gasteiger partial charge in [-0.1, -0.05) is 55.0 Å². The fraction of sp³-hybridized carbons (Fsp3) is 0.316. The van der Waals surface area contributed by atoms with Gasteiger partial charge < -0.3 is 15.4 Å². The Morgan fingerprint density at radius 3 is 2.64 bits per heavy atom. The standard InChI is InChI=1S/C19H21ClN4O2S2/c1-10-15(28-18(22-10)24-16(25)19(2,3)4)14-9-21-17(27-14)23-12-8-11(20)6-7-13(12)26-5/h6-9H,1-5H3,(H,21,23)(H,22,24,25). The number of carbonyl (C=O) groups is 1. The number of anilines is 3. The lowest BCUT2D eigenvalue weighted by molar-refractivity contribution is -0.123. The van der Waals surface area contributed by atoms with E-state index < -0.39 is 5.41 Å². The van der Waals surface area contributed by atoms with Gasteiger partial charge in [0.1, 0.15) is 5.75 Å². The molecule has 0 atom stereocenters. The van der Waals surface area contributed by atoms with Gasteiger partial charge in [0.2, 0.25) is 5.91 Å². The molecule has 1 amide bonds. The van der Waals surface area contributed by atoms with Gasteiger partial charge in [-0.2, -0.15) is 0 Å². The van der Waals surface area contributed by atoms with Crippen molar-refractivity contribution >= 4 is 56.1 Å². The van der Waals surface area contributed by atoms with Crippen molar-refractivity contribution in [3.63, 3.8) is 0 Å². The number of benzene rings is 1. The molecule has 0 saturated heterocycles. The molecule has 148 valence electrons. The lowest BCUT2D eigenvalue weighted by atomic mass is 9.96. The quantitative estimate of drug-likeness (QED) is 0.515. The zero-order chi connectivity index (χ0) is 20.5. The highest BCUT2D eigenvalue weighted by molar-refractivity contribution is 7.25. The zero-order valence-corrected chi connectivity index (χ0v) is 18.6. The molecule has 3 aromatic rings. The number of rotatable bonds is 5. The van der Waals surface area contributed by atoms with Gasteiger partial charge in [-0.25, -0.2) is 9.97 Å². The van der Waals surface area contributed by atoms with E-state index in [1.807, 2.05) is 27.7 Å². The van der Waals surface area contributed by atoms with Crippen molar-refractivity contribution in [2.45, 2.75) is 27.7 Å². The average Bonchev–Trinajstić information content (AvgIpc) is 3.20. The molecule has 0 aliphatic heterocycles. The maximum atomic E-state index is 12.2. The first kappa shape index (κ1) is 20.6. The summed E-state index contributed by atoms with van der Waals surface area (Å²) in [4.78, 5) is 23.1. The summed E-state index contributed by atoms with van der Waals surface area (Å²) in [5, 5.41) is 8.04. The minimum absolute atomic E-state index is 0.0625. The molecule has 0 fully saturated rings. The second kappa shape index (κ2) is 8.06. The monoisotopic (exact) mass is 436 g/mol. The van der Waals surface area contributed by atoms with Crippen molar-refractivity contribution in [2.24, 2.45) is 5.41 Å². The molecule has 0 aliphatic rings. The van der Waals surface area contributed by atoms with Crippen LogP contribution in [0.25, 0.3) is 9.75 Å². The van der Waals surface area contributed by atoms with Gasteiger partial charge >= 0.3 is 0 Å². The molecular weight excluding hydrogens is 416 g/mol. The lowest BCUT2D eigenvalue weighted by Crippen LogP contribution is -2.27. The van der Waals surface area contributed by atoms with Crippen LogP contribution in [0.15, 0.2) is 24.4 Å². The molecule has 0 radical (unpaired) electrons. The Hall–Kier alpha value is -2.16. The number of thiazole rings is 2. The molecule has 0 unspecified atom stereocenters. The normalized spacial score (nSPS) is 11.4. The number of halogens is 1. The fourth-order valence-electron chi connectivity index (χ4n) is 2.29. The van der Waals surface area contributed by atoms with E-state index in [1.54, 1.807) is 31.5 Å². The van der Waals surface area contributed by atoms with E-state index in [4.69, 9.17) is 16.3 Å². The van der Waals surface area contributed by atoms with Crippen LogP contribution in [0.3, 0.4) is 0 Å².